The molecule has 0 fully saturated rings. The number of carbonyl (C=O) groups excluding carboxylic acids is 1. The predicted molar refractivity (Wildman–Crippen MR) is 105 cm³/mol. The van der Waals surface area contributed by atoms with Crippen LogP contribution in [-0.2, 0) is 0 Å². The van der Waals surface area contributed by atoms with E-state index in [1.54, 1.807) is 0 Å². The number of hydrogen-bond acceptors (Lipinski definition) is 4. The Morgan fingerprint density at radius 2 is 1.67 bits per heavy atom. The van der Waals surface area contributed by atoms with Crippen molar-refractivity contribution < 1.29 is 9.72 Å². The molecule has 1 amide bonds. The van der Waals surface area contributed by atoms with Crippen LogP contribution in [0, 0.1) is 10.1 Å². The first-order chi connectivity index (χ1) is 13.0. The highest BCUT2D eigenvalue weighted by Crippen LogP contribution is 2.22. The van der Waals surface area contributed by atoms with E-state index in [1.807, 2.05) is 54.6 Å². The molecule has 0 saturated heterocycles. The van der Waals surface area contributed by atoms with E-state index in [9.17, 15) is 14.9 Å². The number of benzene rings is 3. The number of nitro benzene ring substituents is 1. The van der Waals surface area contributed by atoms with Crippen LogP contribution >= 0.6 is 11.6 Å². The van der Waals surface area contributed by atoms with Gasteiger partial charge in [0.15, 0.2) is 0 Å². The first kappa shape index (κ1) is 18.3. The van der Waals surface area contributed by atoms with E-state index < -0.39 is 10.8 Å². The Bertz CT molecular complexity index is 1000. The molecule has 0 aromatic heterocycles. The molecule has 134 valence electrons. The third kappa shape index (κ3) is 4.56. The Morgan fingerprint density at radius 1 is 1.00 bits per heavy atom. The summed E-state index contributed by atoms with van der Waals surface area (Å²) in [5.41, 5.74) is 5.06. The molecule has 0 radical (unpaired) electrons. The zero-order valence-electron chi connectivity index (χ0n) is 14.0. The van der Waals surface area contributed by atoms with Crippen molar-refractivity contribution in [1.82, 2.24) is 5.43 Å². The van der Waals surface area contributed by atoms with Crippen LogP contribution in [-0.4, -0.2) is 17.0 Å². The van der Waals surface area contributed by atoms with Crippen molar-refractivity contribution in [3.8, 4) is 11.1 Å². The fourth-order valence-electron chi connectivity index (χ4n) is 2.42. The van der Waals surface area contributed by atoms with Gasteiger partial charge in [-0.15, -0.1) is 0 Å². The van der Waals surface area contributed by atoms with Gasteiger partial charge in [0, 0.05) is 12.1 Å². The summed E-state index contributed by atoms with van der Waals surface area (Å²) in [6.07, 6.45) is 1.48. The Kier molecular flexibility index (Phi) is 5.58. The van der Waals surface area contributed by atoms with Gasteiger partial charge in [-0.2, -0.15) is 5.10 Å². The van der Waals surface area contributed by atoms with Gasteiger partial charge in [-0.3, -0.25) is 14.9 Å². The van der Waals surface area contributed by atoms with Gasteiger partial charge in [0.1, 0.15) is 0 Å². The van der Waals surface area contributed by atoms with Crippen molar-refractivity contribution in [2.75, 3.05) is 0 Å². The highest BCUT2D eigenvalue weighted by molar-refractivity contribution is 6.33. The zero-order valence-corrected chi connectivity index (χ0v) is 14.8. The second-order valence-electron chi connectivity index (χ2n) is 5.61. The third-order valence-corrected chi connectivity index (χ3v) is 4.13. The molecule has 27 heavy (non-hydrogen) atoms. The van der Waals surface area contributed by atoms with Crippen molar-refractivity contribution in [2.45, 2.75) is 0 Å². The van der Waals surface area contributed by atoms with Crippen molar-refractivity contribution in [3.05, 3.63) is 99.1 Å². The van der Waals surface area contributed by atoms with Crippen molar-refractivity contribution >= 4 is 29.4 Å². The lowest BCUT2D eigenvalue weighted by molar-refractivity contribution is -0.384. The number of amides is 1. The van der Waals surface area contributed by atoms with E-state index in [4.69, 9.17) is 11.6 Å². The van der Waals surface area contributed by atoms with E-state index >= 15 is 0 Å². The largest absolute Gasteiger partial charge is 0.273 e. The molecule has 0 unspecified atom stereocenters. The molecule has 0 atom stereocenters. The Labute approximate surface area is 160 Å². The van der Waals surface area contributed by atoms with E-state index in [-0.39, 0.29) is 16.3 Å². The summed E-state index contributed by atoms with van der Waals surface area (Å²) in [5.74, 6) is -0.624. The maximum atomic E-state index is 12.1. The average Bonchev–Trinajstić information content (AvgIpc) is 2.69. The van der Waals surface area contributed by atoms with Crippen LogP contribution < -0.4 is 5.43 Å². The predicted octanol–water partition coefficient (Wildman–Crippen LogP) is 4.68. The van der Waals surface area contributed by atoms with Gasteiger partial charge < -0.3 is 0 Å². The molecule has 0 aliphatic heterocycles. The van der Waals surface area contributed by atoms with Crippen molar-refractivity contribution in [1.29, 1.82) is 0 Å². The minimum atomic E-state index is -0.624. The van der Waals surface area contributed by atoms with Gasteiger partial charge >= 0.3 is 0 Å². The molecule has 0 spiro atoms. The van der Waals surface area contributed by atoms with E-state index in [1.165, 1.54) is 18.3 Å². The lowest BCUT2D eigenvalue weighted by Crippen LogP contribution is -2.18. The minimum Gasteiger partial charge on any atom is -0.267 e. The Balaban J connectivity index is 1.68. The smallest absolute Gasteiger partial charge is 0.267 e. The van der Waals surface area contributed by atoms with Crippen LogP contribution in [0.4, 0.5) is 5.69 Å². The lowest BCUT2D eigenvalue weighted by atomic mass is 10.0. The number of nitrogens with one attached hydrogen (secondary N) is 1. The van der Waals surface area contributed by atoms with Crippen LogP contribution in [0.1, 0.15) is 15.9 Å². The first-order valence-electron chi connectivity index (χ1n) is 7.97. The number of rotatable bonds is 5. The summed E-state index contributed by atoms with van der Waals surface area (Å²) in [5, 5.41) is 14.8. The molecule has 3 aromatic carbocycles. The third-order valence-electron chi connectivity index (χ3n) is 3.80. The molecule has 6 nitrogen and oxygen atoms in total. The molecule has 3 rings (SSSR count). The minimum absolute atomic E-state index is 0.0116. The second-order valence-corrected chi connectivity index (χ2v) is 6.02. The van der Waals surface area contributed by atoms with Crippen LogP contribution in [0.2, 0.25) is 5.02 Å². The molecule has 3 aromatic rings. The van der Waals surface area contributed by atoms with Gasteiger partial charge in [0.05, 0.1) is 21.7 Å². The van der Waals surface area contributed by atoms with Gasteiger partial charge in [-0.05, 0) is 22.8 Å². The van der Waals surface area contributed by atoms with Gasteiger partial charge in [-0.1, -0.05) is 66.2 Å². The molecule has 0 aliphatic rings. The quantitative estimate of drug-likeness (QED) is 0.397. The molecule has 0 heterocycles. The molecular weight excluding hydrogens is 366 g/mol. The average molecular weight is 380 g/mol. The maximum Gasteiger partial charge on any atom is 0.273 e. The summed E-state index contributed by atoms with van der Waals surface area (Å²) in [6.45, 7) is 0. The summed E-state index contributed by atoms with van der Waals surface area (Å²) < 4.78 is 0. The normalized spacial score (nSPS) is 10.7. The molecule has 1 N–H and O–H groups in total. The standard InChI is InChI=1S/C20H14ClN3O3/c21-19-11-10-17(24(26)27)12-18(19)20(25)23-22-13-14-6-8-16(9-7-14)15-4-2-1-3-5-15/h1-13H,(H,23,25)/b22-13+. The summed E-state index contributed by atoms with van der Waals surface area (Å²) in [7, 11) is 0. The molecular formula is C20H14ClN3O3. The van der Waals surface area contributed by atoms with E-state index in [0.717, 1.165) is 22.8 Å². The number of hydrazone groups is 1. The summed E-state index contributed by atoms with van der Waals surface area (Å²) in [6, 6.07) is 21.2. The van der Waals surface area contributed by atoms with Gasteiger partial charge in [0.2, 0.25) is 0 Å². The first-order valence-corrected chi connectivity index (χ1v) is 8.35. The highest BCUT2D eigenvalue weighted by atomic mass is 35.5. The fraction of sp³-hybridized carbons (Fsp3) is 0. The number of hydrogen-bond donors (Lipinski definition) is 1. The van der Waals surface area contributed by atoms with Gasteiger partial charge in [-0.25, -0.2) is 5.43 Å². The van der Waals surface area contributed by atoms with Gasteiger partial charge in [0.25, 0.3) is 11.6 Å². The number of nitrogens with zero attached hydrogens (tertiary/aromatic N) is 2. The number of carbonyl (C=O) groups is 1. The monoisotopic (exact) mass is 379 g/mol. The molecule has 7 heteroatoms. The van der Waals surface area contributed by atoms with E-state index in [2.05, 4.69) is 10.5 Å². The fourth-order valence-corrected chi connectivity index (χ4v) is 2.62. The van der Waals surface area contributed by atoms with Crippen LogP contribution in [0.5, 0.6) is 0 Å². The molecule has 0 aliphatic carbocycles. The maximum absolute atomic E-state index is 12.1. The van der Waals surface area contributed by atoms with Crippen LogP contribution in [0.3, 0.4) is 0 Å². The Morgan fingerprint density at radius 3 is 2.33 bits per heavy atom. The highest BCUT2D eigenvalue weighted by Gasteiger charge is 2.15. The number of non-ortho nitro benzene ring substituents is 1. The van der Waals surface area contributed by atoms with Crippen LogP contribution in [0.15, 0.2) is 77.9 Å². The summed E-state index contributed by atoms with van der Waals surface area (Å²) in [4.78, 5) is 22.4. The lowest BCUT2D eigenvalue weighted by Gasteiger charge is -2.03. The Hall–Kier alpha value is -3.51. The molecule has 0 bridgehead atoms. The van der Waals surface area contributed by atoms with E-state index in [0.29, 0.717) is 0 Å². The molecule has 0 saturated carbocycles. The van der Waals surface area contributed by atoms with Crippen LogP contribution in [0.25, 0.3) is 11.1 Å². The number of nitro groups is 1. The van der Waals surface area contributed by atoms with Crippen molar-refractivity contribution in [2.24, 2.45) is 5.10 Å². The van der Waals surface area contributed by atoms with Crippen molar-refractivity contribution in [3.63, 3.8) is 0 Å². The number of halogens is 1. The summed E-state index contributed by atoms with van der Waals surface area (Å²) >= 11 is 5.93. The SMILES string of the molecule is O=C(N/N=C/c1ccc(-c2ccccc2)cc1)c1cc([N+](=O)[O-])ccc1Cl. The zero-order chi connectivity index (χ0) is 19.2. The topological polar surface area (TPSA) is 84.6 Å². The second kappa shape index (κ2) is 8.25.